The van der Waals surface area contributed by atoms with Gasteiger partial charge in [-0.05, 0) is 42.8 Å². The van der Waals surface area contributed by atoms with Crippen molar-refractivity contribution in [1.82, 2.24) is 10.2 Å². The van der Waals surface area contributed by atoms with Gasteiger partial charge in [-0.1, -0.05) is 5.57 Å². The van der Waals surface area contributed by atoms with Crippen molar-refractivity contribution in [2.45, 2.75) is 19.3 Å². The van der Waals surface area contributed by atoms with E-state index in [1.165, 1.54) is 0 Å². The van der Waals surface area contributed by atoms with E-state index in [0.29, 0.717) is 6.42 Å². The second-order valence-electron chi connectivity index (χ2n) is 5.61. The number of amides is 1. The van der Waals surface area contributed by atoms with Crippen LogP contribution in [-0.4, -0.2) is 16.1 Å². The van der Waals surface area contributed by atoms with Gasteiger partial charge < -0.3 is 9.73 Å². The summed E-state index contributed by atoms with van der Waals surface area (Å²) in [7, 11) is 0. The number of fused-ring (bicyclic) bond motifs is 2. The van der Waals surface area contributed by atoms with Crippen LogP contribution in [0.5, 0.6) is 0 Å². The van der Waals surface area contributed by atoms with Crippen molar-refractivity contribution < 1.29 is 9.21 Å². The number of carbonyl (C=O) groups excluding carboxylic acids is 1. The van der Waals surface area contributed by atoms with Gasteiger partial charge in [0.25, 0.3) is 0 Å². The van der Waals surface area contributed by atoms with Gasteiger partial charge in [0.2, 0.25) is 5.91 Å². The number of carbonyl (C=O) groups is 1. The number of H-pyrrole nitrogens is 1. The summed E-state index contributed by atoms with van der Waals surface area (Å²) in [5.74, 6) is 0.881. The Kier molecular flexibility index (Phi) is 2.85. The number of nitrogens with zero attached hydrogens (tertiary/aromatic N) is 1. The van der Waals surface area contributed by atoms with Crippen molar-refractivity contribution in [2.24, 2.45) is 0 Å². The summed E-state index contributed by atoms with van der Waals surface area (Å²) >= 11 is 0. The van der Waals surface area contributed by atoms with Crippen molar-refractivity contribution in [1.29, 1.82) is 0 Å². The van der Waals surface area contributed by atoms with Gasteiger partial charge in [-0.15, -0.1) is 0 Å². The Labute approximate surface area is 127 Å². The molecular weight excluding hydrogens is 278 g/mol. The largest absolute Gasteiger partial charge is 0.465 e. The maximum atomic E-state index is 12.0. The number of nitrogens with one attached hydrogen (secondary N) is 2. The molecule has 0 saturated heterocycles. The Balaban J connectivity index is 1.82. The number of aromatic nitrogens is 2. The van der Waals surface area contributed by atoms with E-state index in [1.807, 2.05) is 31.2 Å². The van der Waals surface area contributed by atoms with Gasteiger partial charge in [-0.2, -0.15) is 5.10 Å². The molecule has 1 aliphatic heterocycles. The first-order valence-electron chi connectivity index (χ1n) is 7.19. The molecule has 0 radical (unpaired) electrons. The summed E-state index contributed by atoms with van der Waals surface area (Å²) in [4.78, 5) is 12.0. The first-order chi connectivity index (χ1) is 10.7. The topological polar surface area (TPSA) is 70.9 Å². The molecule has 1 amide bonds. The van der Waals surface area contributed by atoms with Crippen molar-refractivity contribution in [3.63, 3.8) is 0 Å². The van der Waals surface area contributed by atoms with Crippen LogP contribution in [-0.2, 0) is 4.79 Å². The zero-order valence-electron chi connectivity index (χ0n) is 12.1. The second-order valence-corrected chi connectivity index (χ2v) is 5.61. The fraction of sp³-hybridized carbons (Fsp3) is 0.176. The molecule has 0 spiro atoms. The SMILES string of the molecule is C/C(=C\c1ccco1)[C@@H]1CC(=O)Nc2cc3[nH]ncc3cc21. The summed E-state index contributed by atoms with van der Waals surface area (Å²) in [6.45, 7) is 2.04. The Hall–Kier alpha value is -2.82. The molecule has 5 nitrogen and oxygen atoms in total. The van der Waals surface area contributed by atoms with Gasteiger partial charge in [0.05, 0.1) is 18.0 Å². The lowest BCUT2D eigenvalue weighted by molar-refractivity contribution is -0.116. The molecular formula is C17H15N3O2. The van der Waals surface area contributed by atoms with Crippen LogP contribution in [0.3, 0.4) is 0 Å². The highest BCUT2D eigenvalue weighted by Crippen LogP contribution is 2.39. The van der Waals surface area contributed by atoms with E-state index >= 15 is 0 Å². The number of hydrogen-bond donors (Lipinski definition) is 2. The van der Waals surface area contributed by atoms with E-state index in [0.717, 1.165) is 33.5 Å². The van der Waals surface area contributed by atoms with E-state index in [-0.39, 0.29) is 11.8 Å². The zero-order valence-corrected chi connectivity index (χ0v) is 12.1. The molecule has 2 N–H and O–H groups in total. The molecule has 0 unspecified atom stereocenters. The van der Waals surface area contributed by atoms with Gasteiger partial charge >= 0.3 is 0 Å². The Morgan fingerprint density at radius 3 is 3.18 bits per heavy atom. The molecule has 0 bridgehead atoms. The molecule has 1 atom stereocenters. The molecule has 0 saturated carbocycles. The summed E-state index contributed by atoms with van der Waals surface area (Å²) in [6.07, 6.45) is 5.89. The van der Waals surface area contributed by atoms with Gasteiger partial charge in [0.1, 0.15) is 5.76 Å². The molecule has 1 aromatic carbocycles. The molecule has 22 heavy (non-hydrogen) atoms. The highest BCUT2D eigenvalue weighted by Gasteiger charge is 2.27. The highest BCUT2D eigenvalue weighted by molar-refractivity contribution is 5.98. The van der Waals surface area contributed by atoms with Gasteiger partial charge in [0, 0.05) is 23.4 Å². The number of aromatic amines is 1. The molecule has 110 valence electrons. The van der Waals surface area contributed by atoms with Gasteiger partial charge in [-0.3, -0.25) is 9.89 Å². The van der Waals surface area contributed by atoms with Crippen LogP contribution in [0.25, 0.3) is 17.0 Å². The Bertz CT molecular complexity index is 875. The standard InChI is InChI=1S/C17H15N3O2/c1-10(5-12-3-2-4-22-12)13-7-17(21)19-16-8-15-11(6-14(13)16)9-18-20-15/h2-6,8-9,13H,7H2,1H3,(H,18,20)(H,19,21)/b10-5+/t13-/m0/s1. The number of benzene rings is 1. The third-order valence-electron chi connectivity index (χ3n) is 4.11. The molecule has 3 heterocycles. The lowest BCUT2D eigenvalue weighted by Crippen LogP contribution is -2.23. The minimum Gasteiger partial charge on any atom is -0.465 e. The van der Waals surface area contributed by atoms with Crippen LogP contribution in [0.4, 0.5) is 5.69 Å². The monoisotopic (exact) mass is 293 g/mol. The number of allylic oxidation sites excluding steroid dienone is 1. The fourth-order valence-electron chi connectivity index (χ4n) is 3.01. The molecule has 5 heteroatoms. The van der Waals surface area contributed by atoms with E-state index in [2.05, 4.69) is 21.6 Å². The molecule has 4 rings (SSSR count). The number of anilines is 1. The van der Waals surface area contributed by atoms with Gasteiger partial charge in [-0.25, -0.2) is 0 Å². The number of hydrogen-bond acceptors (Lipinski definition) is 3. The van der Waals surface area contributed by atoms with Gasteiger partial charge in [0.15, 0.2) is 0 Å². The summed E-state index contributed by atoms with van der Waals surface area (Å²) in [5, 5.41) is 11.0. The van der Waals surface area contributed by atoms with Crippen LogP contribution in [0, 0.1) is 0 Å². The summed E-state index contributed by atoms with van der Waals surface area (Å²) in [5.41, 5.74) is 4.00. The minimum absolute atomic E-state index is 0.0311. The van der Waals surface area contributed by atoms with Crippen molar-refractivity contribution in [2.75, 3.05) is 5.32 Å². The maximum absolute atomic E-state index is 12.0. The van der Waals surface area contributed by atoms with Crippen LogP contribution in [0.2, 0.25) is 0 Å². The van der Waals surface area contributed by atoms with Crippen molar-refractivity contribution >= 4 is 28.6 Å². The quantitative estimate of drug-likeness (QED) is 0.757. The normalized spacial score (nSPS) is 18.3. The highest BCUT2D eigenvalue weighted by atomic mass is 16.3. The third kappa shape index (κ3) is 2.11. The van der Waals surface area contributed by atoms with Crippen molar-refractivity contribution in [3.8, 4) is 0 Å². The first kappa shape index (κ1) is 12.9. The fourth-order valence-corrected chi connectivity index (χ4v) is 3.01. The predicted molar refractivity (Wildman–Crippen MR) is 84.4 cm³/mol. The summed E-state index contributed by atoms with van der Waals surface area (Å²) in [6, 6.07) is 7.81. The Morgan fingerprint density at radius 1 is 1.45 bits per heavy atom. The third-order valence-corrected chi connectivity index (χ3v) is 4.11. The lowest BCUT2D eigenvalue weighted by atomic mass is 9.84. The molecule has 2 aromatic heterocycles. The van der Waals surface area contributed by atoms with E-state index in [4.69, 9.17) is 4.42 Å². The van der Waals surface area contributed by atoms with E-state index in [9.17, 15) is 4.79 Å². The van der Waals surface area contributed by atoms with E-state index < -0.39 is 0 Å². The number of rotatable bonds is 2. The average molecular weight is 293 g/mol. The maximum Gasteiger partial charge on any atom is 0.225 e. The zero-order chi connectivity index (χ0) is 15.1. The van der Waals surface area contributed by atoms with Crippen LogP contribution in [0.1, 0.15) is 30.6 Å². The minimum atomic E-state index is 0.0311. The second kappa shape index (κ2) is 4.87. The van der Waals surface area contributed by atoms with Crippen LogP contribution >= 0.6 is 0 Å². The van der Waals surface area contributed by atoms with Crippen LogP contribution < -0.4 is 5.32 Å². The number of furan rings is 1. The van der Waals surface area contributed by atoms with Crippen molar-refractivity contribution in [3.05, 3.63) is 53.6 Å². The Morgan fingerprint density at radius 2 is 2.36 bits per heavy atom. The molecule has 3 aromatic rings. The van der Waals surface area contributed by atoms with Crippen LogP contribution in [0.15, 0.2) is 46.7 Å². The lowest BCUT2D eigenvalue weighted by Gasteiger charge is -2.26. The molecule has 1 aliphatic rings. The van der Waals surface area contributed by atoms with E-state index in [1.54, 1.807) is 12.5 Å². The molecule has 0 fully saturated rings. The first-order valence-corrected chi connectivity index (χ1v) is 7.19. The molecule has 0 aliphatic carbocycles. The average Bonchev–Trinajstić information content (AvgIpc) is 3.15. The smallest absolute Gasteiger partial charge is 0.225 e. The predicted octanol–water partition coefficient (Wildman–Crippen LogP) is 3.69. The summed E-state index contributed by atoms with van der Waals surface area (Å²) < 4.78 is 5.38.